The molecular formula is C24H33N6O11P. The Morgan fingerprint density at radius 3 is 2.69 bits per heavy atom. The maximum atomic E-state index is 13.6. The third-order valence-electron chi connectivity index (χ3n) is 6.67. The number of anilines is 1. The van der Waals surface area contributed by atoms with Gasteiger partial charge in [-0.1, -0.05) is 0 Å². The number of nitrogens with zero attached hydrogens (tertiary/aromatic N) is 4. The first kappa shape index (κ1) is 31.6. The predicted octanol–water partition coefficient (Wildman–Crippen LogP) is 0.885. The number of ether oxygens (including phenoxy) is 4. The number of carbonyl (C=O) groups excluding carboxylic acids is 2. The van der Waals surface area contributed by atoms with Crippen LogP contribution in [-0.4, -0.2) is 86.9 Å². The highest BCUT2D eigenvalue weighted by atomic mass is 31.2. The molecule has 1 aliphatic heterocycles. The number of hydrogen-bond donors (Lipinski definition) is 4. The van der Waals surface area contributed by atoms with Gasteiger partial charge in [-0.2, -0.15) is 10.4 Å². The maximum Gasteiger partial charge on any atom is 0.510 e. The van der Waals surface area contributed by atoms with Gasteiger partial charge in [0.05, 0.1) is 18.4 Å². The van der Waals surface area contributed by atoms with Crippen LogP contribution in [0.5, 0.6) is 0 Å². The quantitative estimate of drug-likeness (QED) is 0.148. The summed E-state index contributed by atoms with van der Waals surface area (Å²) in [5.74, 6) is -0.615. The zero-order valence-corrected chi connectivity index (χ0v) is 24.0. The Morgan fingerprint density at radius 1 is 1.31 bits per heavy atom. The second-order valence-corrected chi connectivity index (χ2v) is 11.8. The van der Waals surface area contributed by atoms with Gasteiger partial charge in [-0.3, -0.25) is 13.8 Å². The molecule has 2 aliphatic rings. The molecule has 0 amide bonds. The minimum absolute atomic E-state index is 0.0464. The van der Waals surface area contributed by atoms with Crippen LogP contribution in [0.1, 0.15) is 45.7 Å². The fourth-order valence-corrected chi connectivity index (χ4v) is 5.59. The van der Waals surface area contributed by atoms with Gasteiger partial charge in [0.15, 0.2) is 5.82 Å². The van der Waals surface area contributed by atoms with Crippen molar-refractivity contribution in [3.63, 3.8) is 0 Å². The summed E-state index contributed by atoms with van der Waals surface area (Å²) < 4.78 is 46.2. The largest absolute Gasteiger partial charge is 0.510 e. The van der Waals surface area contributed by atoms with Crippen molar-refractivity contribution in [1.29, 1.82) is 5.26 Å². The van der Waals surface area contributed by atoms with Gasteiger partial charge in [-0.15, -0.1) is 0 Å². The van der Waals surface area contributed by atoms with Gasteiger partial charge in [-0.05, 0) is 52.2 Å². The Labute approximate surface area is 240 Å². The van der Waals surface area contributed by atoms with Crippen molar-refractivity contribution in [1.82, 2.24) is 19.7 Å². The number of carbonyl (C=O) groups is 2. The molecule has 2 aromatic heterocycles. The summed E-state index contributed by atoms with van der Waals surface area (Å²) in [6.07, 6.45) is -3.28. The Kier molecular flexibility index (Phi) is 9.68. The van der Waals surface area contributed by atoms with E-state index in [1.807, 2.05) is 6.07 Å². The lowest BCUT2D eigenvalue weighted by Crippen LogP contribution is -2.41. The fourth-order valence-electron chi connectivity index (χ4n) is 4.25. The van der Waals surface area contributed by atoms with E-state index in [0.29, 0.717) is 18.4 Å². The first-order valence-electron chi connectivity index (χ1n) is 13.1. The second kappa shape index (κ2) is 12.9. The molecule has 0 bridgehead atoms. The van der Waals surface area contributed by atoms with Crippen LogP contribution in [0.4, 0.5) is 10.6 Å². The van der Waals surface area contributed by atoms with Crippen molar-refractivity contribution in [2.24, 2.45) is 0 Å². The molecule has 18 heteroatoms. The average molecular weight is 613 g/mol. The van der Waals surface area contributed by atoms with Gasteiger partial charge < -0.3 is 34.9 Å². The van der Waals surface area contributed by atoms with Gasteiger partial charge in [0, 0.05) is 0 Å². The third kappa shape index (κ3) is 6.65. The van der Waals surface area contributed by atoms with Crippen LogP contribution in [-0.2, 0) is 43.0 Å². The Bertz CT molecular complexity index is 1380. The molecule has 230 valence electrons. The second-order valence-electron chi connectivity index (χ2n) is 10.0. The lowest BCUT2D eigenvalue weighted by Gasteiger charge is -2.28. The number of aromatic nitrogens is 3. The Hall–Kier alpha value is -3.36. The zero-order chi connectivity index (χ0) is 30.7. The van der Waals surface area contributed by atoms with Crippen LogP contribution in [0.15, 0.2) is 18.5 Å². The first-order valence-corrected chi connectivity index (χ1v) is 14.7. The maximum absolute atomic E-state index is 13.6. The fraction of sp³-hybridized carbons (Fsp3) is 0.625. The number of hydrogen-bond acceptors (Lipinski definition) is 15. The molecule has 6 atom stereocenters. The molecule has 1 saturated carbocycles. The van der Waals surface area contributed by atoms with E-state index in [-0.39, 0.29) is 17.6 Å². The Morgan fingerprint density at radius 2 is 2.05 bits per heavy atom. The number of rotatable bonds is 12. The zero-order valence-electron chi connectivity index (χ0n) is 23.1. The van der Waals surface area contributed by atoms with E-state index in [9.17, 15) is 29.6 Å². The normalized spacial score (nSPS) is 26.3. The molecule has 1 aliphatic carbocycles. The molecule has 0 radical (unpaired) electrons. The van der Waals surface area contributed by atoms with Crippen LogP contribution < -0.4 is 10.8 Å². The highest BCUT2D eigenvalue weighted by molar-refractivity contribution is 7.51. The van der Waals surface area contributed by atoms with Crippen LogP contribution in [0.2, 0.25) is 0 Å². The van der Waals surface area contributed by atoms with Crippen molar-refractivity contribution < 1.29 is 52.4 Å². The Balaban J connectivity index is 1.49. The number of nitriles is 1. The minimum Gasteiger partial charge on any atom is -0.461 e. The van der Waals surface area contributed by atoms with E-state index < -0.39 is 69.3 Å². The number of nitrogens with one attached hydrogen (secondary N) is 1. The first-order chi connectivity index (χ1) is 19.9. The van der Waals surface area contributed by atoms with E-state index in [1.54, 1.807) is 13.8 Å². The molecule has 3 heterocycles. The van der Waals surface area contributed by atoms with Crippen molar-refractivity contribution in [2.75, 3.05) is 19.1 Å². The molecule has 2 fully saturated rings. The van der Waals surface area contributed by atoms with Gasteiger partial charge in [0.1, 0.15) is 48.4 Å². The lowest BCUT2D eigenvalue weighted by molar-refractivity contribution is -0.154. The highest BCUT2D eigenvalue weighted by Gasteiger charge is 2.58. The summed E-state index contributed by atoms with van der Waals surface area (Å²) in [7, 11) is -4.49. The smallest absolute Gasteiger partial charge is 0.461 e. The van der Waals surface area contributed by atoms with Gasteiger partial charge in [-0.25, -0.2) is 23.9 Å². The van der Waals surface area contributed by atoms with Crippen LogP contribution >= 0.6 is 7.75 Å². The number of fused-ring (bicyclic) bond motifs is 1. The summed E-state index contributed by atoms with van der Waals surface area (Å²) in [5.41, 5.74) is 4.10. The van der Waals surface area contributed by atoms with Crippen LogP contribution in [0, 0.1) is 11.3 Å². The summed E-state index contributed by atoms with van der Waals surface area (Å²) in [6, 6.07) is 3.64. The summed E-state index contributed by atoms with van der Waals surface area (Å²) in [6.45, 7) is 2.96. The van der Waals surface area contributed by atoms with E-state index in [2.05, 4.69) is 15.2 Å². The number of nitrogens with two attached hydrogens (primary N) is 1. The van der Waals surface area contributed by atoms with Crippen molar-refractivity contribution in [3.8, 4) is 6.07 Å². The SMILES string of the molecule is CC(C)OC(=O)OCO[P@](=O)(N[C@@H](C)C(=O)OC1CCC1)OC[C@H]1O[C@@](C#N)(c2ccc3c(N)ncnn23)[C@H](O)[C@@H]1O. The number of nitrogen functional groups attached to an aromatic ring is 1. The molecule has 42 heavy (non-hydrogen) atoms. The lowest BCUT2D eigenvalue weighted by atomic mass is 9.92. The van der Waals surface area contributed by atoms with Crippen LogP contribution in [0.3, 0.4) is 0 Å². The third-order valence-corrected chi connectivity index (χ3v) is 8.30. The van der Waals surface area contributed by atoms with Gasteiger partial charge in [0.25, 0.3) is 0 Å². The van der Waals surface area contributed by atoms with Crippen molar-refractivity contribution in [3.05, 3.63) is 24.2 Å². The standard InChI is InChI=1S/C24H33N6O11P/c1-13(2)39-23(34)36-12-38-42(35,29-14(3)22(33)40-15-5-4-6-15)37-9-17-19(31)20(32)24(10-25,41-17)18-8-7-16-21(26)27-11-28-30(16)18/h7-8,11,13-15,17,19-20,31-32H,4-6,9,12H2,1-3H3,(H,29,35)(H2,26,27,28)/t14-,17+,19+,20+,24-,42-/m0/s1. The van der Waals surface area contributed by atoms with Gasteiger partial charge in [0.2, 0.25) is 12.4 Å². The molecular weight excluding hydrogens is 579 g/mol. The number of aliphatic hydroxyl groups excluding tert-OH is 2. The molecule has 4 rings (SSSR count). The van der Waals surface area contributed by atoms with Crippen LogP contribution in [0.25, 0.3) is 5.52 Å². The van der Waals surface area contributed by atoms with Crippen molar-refractivity contribution >= 4 is 31.2 Å². The van der Waals surface area contributed by atoms with E-state index in [4.69, 9.17) is 33.7 Å². The molecule has 0 aromatic carbocycles. The molecule has 2 aromatic rings. The van der Waals surface area contributed by atoms with Gasteiger partial charge >= 0.3 is 19.9 Å². The predicted molar refractivity (Wildman–Crippen MR) is 140 cm³/mol. The number of aliphatic hydroxyl groups is 2. The summed E-state index contributed by atoms with van der Waals surface area (Å²) >= 11 is 0. The molecule has 1 saturated heterocycles. The van der Waals surface area contributed by atoms with Crippen molar-refractivity contribution in [2.45, 2.75) is 82.2 Å². The minimum atomic E-state index is -4.49. The topological polar surface area (TPSA) is 239 Å². The summed E-state index contributed by atoms with van der Waals surface area (Å²) in [5, 5.41) is 38.3. The average Bonchev–Trinajstić information content (AvgIpc) is 3.45. The van der Waals surface area contributed by atoms with E-state index in [1.165, 1.54) is 23.6 Å². The van der Waals surface area contributed by atoms with E-state index in [0.717, 1.165) is 12.7 Å². The molecule has 0 spiro atoms. The number of esters is 1. The highest BCUT2D eigenvalue weighted by Crippen LogP contribution is 2.47. The monoisotopic (exact) mass is 612 g/mol. The molecule has 17 nitrogen and oxygen atoms in total. The van der Waals surface area contributed by atoms with E-state index >= 15 is 0 Å². The summed E-state index contributed by atoms with van der Waals surface area (Å²) in [4.78, 5) is 28.1. The molecule has 5 N–H and O–H groups in total. The molecule has 0 unspecified atom stereocenters.